The van der Waals surface area contributed by atoms with E-state index >= 15 is 0 Å². The van der Waals surface area contributed by atoms with Gasteiger partial charge < -0.3 is 20.2 Å². The molecular weight excluding hydrogens is 400 g/mol. The molecule has 0 aliphatic rings. The number of aromatic nitrogens is 2. The fraction of sp³-hybridized carbons (Fsp3) is 0.118. The lowest BCUT2D eigenvalue weighted by Gasteiger charge is -2.08. The molecular formula is C17H12F4N4O4. The van der Waals surface area contributed by atoms with Gasteiger partial charge in [-0.25, -0.2) is 8.78 Å². The van der Waals surface area contributed by atoms with Gasteiger partial charge in [-0.3, -0.25) is 14.3 Å². The maximum absolute atomic E-state index is 13.6. The SMILES string of the molecule is Cn1ncc(NC(=O)c2ccc(COc3c(F)c(F)cc(F)c3F)o2)c1C(N)=O. The first-order valence-electron chi connectivity index (χ1n) is 7.86. The molecule has 0 bridgehead atoms. The predicted molar refractivity (Wildman–Crippen MR) is 89.0 cm³/mol. The summed E-state index contributed by atoms with van der Waals surface area (Å²) in [5, 5.41) is 6.17. The summed E-state index contributed by atoms with van der Waals surface area (Å²) in [5.74, 6) is -9.82. The molecule has 0 saturated carbocycles. The number of nitrogens with one attached hydrogen (secondary N) is 1. The summed E-state index contributed by atoms with van der Waals surface area (Å²) in [7, 11) is 1.45. The summed E-state index contributed by atoms with van der Waals surface area (Å²) in [6.07, 6.45) is 1.20. The van der Waals surface area contributed by atoms with E-state index in [1.54, 1.807) is 0 Å². The highest BCUT2D eigenvalue weighted by atomic mass is 19.2. The third-order valence-corrected chi connectivity index (χ3v) is 3.74. The molecule has 1 aromatic carbocycles. The summed E-state index contributed by atoms with van der Waals surface area (Å²) < 4.78 is 64.6. The van der Waals surface area contributed by atoms with E-state index in [-0.39, 0.29) is 29.0 Å². The average Bonchev–Trinajstić information content (AvgIpc) is 3.27. The molecule has 152 valence electrons. The average molecular weight is 412 g/mol. The number of primary amides is 1. The maximum Gasteiger partial charge on any atom is 0.291 e. The van der Waals surface area contributed by atoms with E-state index in [1.165, 1.54) is 30.1 Å². The molecule has 2 heterocycles. The maximum atomic E-state index is 13.6. The fourth-order valence-corrected chi connectivity index (χ4v) is 2.40. The van der Waals surface area contributed by atoms with Gasteiger partial charge in [-0.05, 0) is 12.1 Å². The number of ether oxygens (including phenoxy) is 1. The van der Waals surface area contributed by atoms with Crippen molar-refractivity contribution in [2.45, 2.75) is 6.61 Å². The number of aryl methyl sites for hydroxylation is 1. The van der Waals surface area contributed by atoms with Crippen LogP contribution in [0.5, 0.6) is 5.75 Å². The standard InChI is InChI=1S/C17H12F4N4O4/c1-25-14(16(22)26)10(5-23-25)24-17(27)11-3-2-7(29-11)6-28-15-12(20)8(18)4-9(19)13(15)21/h2-5H,6H2,1H3,(H2,22,26)(H,24,27). The number of hydrogen-bond acceptors (Lipinski definition) is 5. The zero-order valence-electron chi connectivity index (χ0n) is 14.6. The highest BCUT2D eigenvalue weighted by molar-refractivity contribution is 6.06. The molecule has 0 atom stereocenters. The molecule has 0 radical (unpaired) electrons. The summed E-state index contributed by atoms with van der Waals surface area (Å²) in [6.45, 7) is -0.622. The Kier molecular flexibility index (Phi) is 5.26. The molecule has 12 heteroatoms. The molecule has 0 spiro atoms. The number of halogens is 4. The minimum Gasteiger partial charge on any atom is -0.479 e. The zero-order chi connectivity index (χ0) is 21.3. The lowest BCUT2D eigenvalue weighted by molar-refractivity contribution is 0.0992. The molecule has 29 heavy (non-hydrogen) atoms. The molecule has 0 aliphatic carbocycles. The van der Waals surface area contributed by atoms with Crippen LogP contribution in [0.4, 0.5) is 23.2 Å². The smallest absolute Gasteiger partial charge is 0.291 e. The third kappa shape index (κ3) is 3.90. The first kappa shape index (κ1) is 19.9. The van der Waals surface area contributed by atoms with Gasteiger partial charge in [-0.15, -0.1) is 0 Å². The van der Waals surface area contributed by atoms with Gasteiger partial charge in [0.05, 0.1) is 11.9 Å². The van der Waals surface area contributed by atoms with Gasteiger partial charge >= 0.3 is 0 Å². The molecule has 0 aliphatic heterocycles. The zero-order valence-corrected chi connectivity index (χ0v) is 14.6. The number of hydrogen-bond donors (Lipinski definition) is 2. The highest BCUT2D eigenvalue weighted by Crippen LogP contribution is 2.27. The normalized spacial score (nSPS) is 10.8. The number of carbonyl (C=O) groups is 2. The molecule has 2 aromatic heterocycles. The quantitative estimate of drug-likeness (QED) is 0.477. The highest BCUT2D eigenvalue weighted by Gasteiger charge is 2.22. The largest absolute Gasteiger partial charge is 0.479 e. The second kappa shape index (κ2) is 7.66. The summed E-state index contributed by atoms with van der Waals surface area (Å²) in [5.41, 5.74) is 5.20. The number of furan rings is 1. The Morgan fingerprint density at radius 3 is 2.48 bits per heavy atom. The number of benzene rings is 1. The first-order chi connectivity index (χ1) is 13.7. The molecule has 3 aromatic rings. The van der Waals surface area contributed by atoms with Crippen molar-refractivity contribution in [2.75, 3.05) is 5.32 Å². The van der Waals surface area contributed by atoms with Gasteiger partial charge in [0.25, 0.3) is 11.8 Å². The Morgan fingerprint density at radius 2 is 1.86 bits per heavy atom. The van der Waals surface area contributed by atoms with Gasteiger partial charge in [0.15, 0.2) is 23.1 Å². The van der Waals surface area contributed by atoms with Crippen LogP contribution in [0.1, 0.15) is 26.8 Å². The predicted octanol–water partition coefficient (Wildman–Crippen LogP) is 2.50. The second-order valence-electron chi connectivity index (χ2n) is 5.70. The molecule has 3 N–H and O–H groups in total. The van der Waals surface area contributed by atoms with Crippen LogP contribution in [0.15, 0.2) is 28.8 Å². The van der Waals surface area contributed by atoms with E-state index < -0.39 is 47.4 Å². The van der Waals surface area contributed by atoms with Gasteiger partial charge in [0, 0.05) is 13.1 Å². The second-order valence-corrected chi connectivity index (χ2v) is 5.70. The summed E-state index contributed by atoms with van der Waals surface area (Å²) in [4.78, 5) is 23.6. The van der Waals surface area contributed by atoms with E-state index in [1.807, 2.05) is 0 Å². The number of carbonyl (C=O) groups excluding carboxylic acids is 2. The monoisotopic (exact) mass is 412 g/mol. The van der Waals surface area contributed by atoms with Crippen molar-refractivity contribution in [1.82, 2.24) is 9.78 Å². The van der Waals surface area contributed by atoms with E-state index in [4.69, 9.17) is 14.9 Å². The topological polar surface area (TPSA) is 112 Å². The van der Waals surface area contributed by atoms with Crippen LogP contribution in [0.25, 0.3) is 0 Å². The van der Waals surface area contributed by atoms with E-state index in [0.29, 0.717) is 0 Å². The molecule has 0 fully saturated rings. The number of rotatable bonds is 6. The van der Waals surface area contributed by atoms with Crippen LogP contribution in [0.3, 0.4) is 0 Å². The van der Waals surface area contributed by atoms with Gasteiger partial charge in [0.2, 0.25) is 11.6 Å². The minimum absolute atomic E-state index is 0.0404. The van der Waals surface area contributed by atoms with Gasteiger partial charge in [-0.2, -0.15) is 13.9 Å². The lowest BCUT2D eigenvalue weighted by Crippen LogP contribution is -2.20. The van der Waals surface area contributed by atoms with Crippen molar-refractivity contribution in [3.05, 3.63) is 64.9 Å². The molecule has 0 saturated heterocycles. The van der Waals surface area contributed by atoms with Crippen molar-refractivity contribution in [3.63, 3.8) is 0 Å². The Balaban J connectivity index is 1.72. The summed E-state index contributed by atoms with van der Waals surface area (Å²) >= 11 is 0. The van der Waals surface area contributed by atoms with Crippen LogP contribution >= 0.6 is 0 Å². The van der Waals surface area contributed by atoms with E-state index in [2.05, 4.69) is 10.4 Å². The first-order valence-corrected chi connectivity index (χ1v) is 7.86. The summed E-state index contributed by atoms with van der Waals surface area (Å²) in [6, 6.07) is 2.51. The van der Waals surface area contributed by atoms with Crippen LogP contribution in [0.2, 0.25) is 0 Å². The Hall–Kier alpha value is -3.83. The Labute approximate surface area is 159 Å². The van der Waals surface area contributed by atoms with Crippen molar-refractivity contribution < 1.29 is 36.3 Å². The van der Waals surface area contributed by atoms with Crippen molar-refractivity contribution in [3.8, 4) is 5.75 Å². The van der Waals surface area contributed by atoms with Crippen molar-refractivity contribution in [2.24, 2.45) is 12.8 Å². The molecule has 0 unspecified atom stereocenters. The van der Waals surface area contributed by atoms with Crippen LogP contribution in [0, 0.1) is 23.3 Å². The van der Waals surface area contributed by atoms with Crippen LogP contribution in [-0.2, 0) is 13.7 Å². The number of anilines is 1. The molecule has 2 amide bonds. The Morgan fingerprint density at radius 1 is 1.21 bits per heavy atom. The lowest BCUT2D eigenvalue weighted by atomic mass is 10.3. The van der Waals surface area contributed by atoms with Crippen LogP contribution in [-0.4, -0.2) is 21.6 Å². The van der Waals surface area contributed by atoms with Crippen molar-refractivity contribution in [1.29, 1.82) is 0 Å². The van der Waals surface area contributed by atoms with E-state index in [9.17, 15) is 27.2 Å². The fourth-order valence-electron chi connectivity index (χ4n) is 2.40. The minimum atomic E-state index is -1.70. The third-order valence-electron chi connectivity index (χ3n) is 3.74. The number of nitrogens with zero attached hydrogens (tertiary/aromatic N) is 2. The molecule has 8 nitrogen and oxygen atoms in total. The van der Waals surface area contributed by atoms with Gasteiger partial charge in [0.1, 0.15) is 18.1 Å². The van der Waals surface area contributed by atoms with Crippen molar-refractivity contribution >= 4 is 17.5 Å². The van der Waals surface area contributed by atoms with E-state index in [0.717, 1.165) is 0 Å². The number of amides is 2. The van der Waals surface area contributed by atoms with Gasteiger partial charge in [-0.1, -0.05) is 0 Å². The Bertz CT molecular complexity index is 1080. The van der Waals surface area contributed by atoms with Crippen LogP contribution < -0.4 is 15.8 Å². The number of nitrogens with two attached hydrogens (primary N) is 1. The molecule has 3 rings (SSSR count).